The fraction of sp³-hybridized carbons (Fsp3) is 0.800. The van der Waals surface area contributed by atoms with Crippen molar-refractivity contribution >= 4 is 11.9 Å². The second-order valence-electron chi connectivity index (χ2n) is 4.26. The number of likely N-dealkylation sites (tertiary alicyclic amines) is 1. The van der Waals surface area contributed by atoms with E-state index in [4.69, 9.17) is 5.11 Å². The minimum atomic E-state index is -0.858. The molecule has 2 rings (SSSR count). The molecule has 0 spiro atoms. The Morgan fingerprint density at radius 1 is 1.21 bits per heavy atom. The van der Waals surface area contributed by atoms with Crippen molar-refractivity contribution in [3.05, 3.63) is 0 Å². The number of carboxylic acid groups (broad SMARTS) is 1. The number of amides is 1. The van der Waals surface area contributed by atoms with E-state index in [9.17, 15) is 9.59 Å². The molecule has 0 aromatic rings. The van der Waals surface area contributed by atoms with Gasteiger partial charge in [-0.2, -0.15) is 0 Å². The summed E-state index contributed by atoms with van der Waals surface area (Å²) in [6.07, 6.45) is 3.79. The van der Waals surface area contributed by atoms with Gasteiger partial charge in [0.05, 0.1) is 0 Å². The Hall–Kier alpha value is -1.06. The number of nitrogens with zero attached hydrogens (tertiary/aromatic N) is 1. The number of hydrogen-bond acceptors (Lipinski definition) is 2. The fourth-order valence-corrected chi connectivity index (χ4v) is 2.48. The van der Waals surface area contributed by atoms with Crippen molar-refractivity contribution in [2.75, 3.05) is 0 Å². The van der Waals surface area contributed by atoms with Crippen LogP contribution in [0.5, 0.6) is 0 Å². The highest BCUT2D eigenvalue weighted by molar-refractivity contribution is 5.83. The van der Waals surface area contributed by atoms with Gasteiger partial charge < -0.3 is 10.0 Å². The normalized spacial score (nSPS) is 31.9. The first-order valence-electron chi connectivity index (χ1n) is 5.13. The lowest BCUT2D eigenvalue weighted by molar-refractivity contribution is -0.149. The SMILES string of the molecule is CC(=O)N1C(C(=O)O)CCC1C1CC1. The molecule has 1 saturated carbocycles. The van der Waals surface area contributed by atoms with Crippen molar-refractivity contribution in [2.45, 2.75) is 44.7 Å². The second-order valence-corrected chi connectivity index (χ2v) is 4.26. The molecule has 1 amide bonds. The summed E-state index contributed by atoms with van der Waals surface area (Å²) >= 11 is 0. The highest BCUT2D eigenvalue weighted by Crippen LogP contribution is 2.42. The van der Waals surface area contributed by atoms with Crippen LogP contribution < -0.4 is 0 Å². The van der Waals surface area contributed by atoms with Crippen LogP contribution in [0.2, 0.25) is 0 Å². The zero-order chi connectivity index (χ0) is 10.3. The fourth-order valence-electron chi connectivity index (χ4n) is 2.48. The molecule has 2 aliphatic rings. The molecule has 1 saturated heterocycles. The molecule has 4 heteroatoms. The molecule has 1 heterocycles. The summed E-state index contributed by atoms with van der Waals surface area (Å²) in [6.45, 7) is 1.47. The molecule has 0 aromatic carbocycles. The molecule has 2 unspecified atom stereocenters. The van der Waals surface area contributed by atoms with Crippen molar-refractivity contribution in [1.29, 1.82) is 0 Å². The van der Waals surface area contributed by atoms with Gasteiger partial charge in [0, 0.05) is 13.0 Å². The lowest BCUT2D eigenvalue weighted by atomic mass is 10.1. The maximum absolute atomic E-state index is 11.4. The van der Waals surface area contributed by atoms with Crippen molar-refractivity contribution in [2.24, 2.45) is 5.92 Å². The Labute approximate surface area is 82.9 Å². The first-order valence-corrected chi connectivity index (χ1v) is 5.13. The van der Waals surface area contributed by atoms with Crippen LogP contribution in [-0.4, -0.2) is 34.0 Å². The van der Waals surface area contributed by atoms with Crippen LogP contribution in [0.25, 0.3) is 0 Å². The van der Waals surface area contributed by atoms with E-state index in [1.807, 2.05) is 0 Å². The van der Waals surface area contributed by atoms with Gasteiger partial charge in [-0.3, -0.25) is 4.79 Å². The van der Waals surface area contributed by atoms with E-state index in [0.717, 1.165) is 19.3 Å². The van der Waals surface area contributed by atoms with Gasteiger partial charge in [-0.1, -0.05) is 0 Å². The molecule has 78 valence electrons. The van der Waals surface area contributed by atoms with Crippen molar-refractivity contribution in [3.8, 4) is 0 Å². The number of hydrogen-bond donors (Lipinski definition) is 1. The quantitative estimate of drug-likeness (QED) is 0.714. The molecule has 4 nitrogen and oxygen atoms in total. The van der Waals surface area contributed by atoms with E-state index < -0.39 is 12.0 Å². The Kier molecular flexibility index (Phi) is 2.21. The molecular weight excluding hydrogens is 182 g/mol. The minimum Gasteiger partial charge on any atom is -0.480 e. The van der Waals surface area contributed by atoms with Crippen molar-refractivity contribution < 1.29 is 14.7 Å². The van der Waals surface area contributed by atoms with Crippen LogP contribution in [-0.2, 0) is 9.59 Å². The Morgan fingerprint density at radius 2 is 1.86 bits per heavy atom. The van der Waals surface area contributed by atoms with Crippen molar-refractivity contribution in [1.82, 2.24) is 4.90 Å². The summed E-state index contributed by atoms with van der Waals surface area (Å²) in [4.78, 5) is 23.9. The summed E-state index contributed by atoms with van der Waals surface area (Å²) in [5, 5.41) is 8.96. The highest BCUT2D eigenvalue weighted by Gasteiger charge is 2.46. The predicted octanol–water partition coefficient (Wildman–Crippen LogP) is 0.860. The Morgan fingerprint density at radius 3 is 2.29 bits per heavy atom. The highest BCUT2D eigenvalue weighted by atomic mass is 16.4. The number of rotatable bonds is 2. The zero-order valence-electron chi connectivity index (χ0n) is 8.27. The maximum Gasteiger partial charge on any atom is 0.326 e. The van der Waals surface area contributed by atoms with E-state index in [1.165, 1.54) is 6.92 Å². The predicted molar refractivity (Wildman–Crippen MR) is 49.7 cm³/mol. The van der Waals surface area contributed by atoms with Gasteiger partial charge in [-0.25, -0.2) is 4.79 Å². The summed E-state index contributed by atoms with van der Waals surface area (Å²) < 4.78 is 0. The first kappa shape index (κ1) is 9.49. The minimum absolute atomic E-state index is 0.0909. The molecule has 0 aromatic heterocycles. The van der Waals surface area contributed by atoms with E-state index in [-0.39, 0.29) is 11.9 Å². The van der Waals surface area contributed by atoms with Gasteiger partial charge in [-0.05, 0) is 31.6 Å². The average molecular weight is 197 g/mol. The number of carbonyl (C=O) groups is 2. The summed E-state index contributed by atoms with van der Waals surface area (Å²) in [7, 11) is 0. The van der Waals surface area contributed by atoms with Crippen molar-refractivity contribution in [3.63, 3.8) is 0 Å². The van der Waals surface area contributed by atoms with E-state index in [2.05, 4.69) is 0 Å². The molecule has 1 aliphatic carbocycles. The van der Waals surface area contributed by atoms with Crippen LogP contribution in [0.1, 0.15) is 32.6 Å². The first-order chi connectivity index (χ1) is 6.61. The Bertz CT molecular complexity index is 273. The summed E-state index contributed by atoms with van der Waals surface area (Å²) in [5.41, 5.74) is 0. The molecule has 0 bridgehead atoms. The molecule has 2 atom stereocenters. The molecular formula is C10H15NO3. The topological polar surface area (TPSA) is 57.6 Å². The molecule has 1 N–H and O–H groups in total. The van der Waals surface area contributed by atoms with Gasteiger partial charge in [0.15, 0.2) is 0 Å². The third-order valence-electron chi connectivity index (χ3n) is 3.24. The van der Waals surface area contributed by atoms with Crippen LogP contribution in [0.15, 0.2) is 0 Å². The van der Waals surface area contributed by atoms with Crippen LogP contribution in [0.3, 0.4) is 0 Å². The lowest BCUT2D eigenvalue weighted by Crippen LogP contribution is -2.44. The second kappa shape index (κ2) is 3.26. The lowest BCUT2D eigenvalue weighted by Gasteiger charge is -2.26. The third kappa shape index (κ3) is 1.49. The number of aliphatic carboxylic acids is 1. The zero-order valence-corrected chi connectivity index (χ0v) is 8.27. The van der Waals surface area contributed by atoms with Crippen LogP contribution in [0.4, 0.5) is 0 Å². The van der Waals surface area contributed by atoms with Gasteiger partial charge in [0.1, 0.15) is 6.04 Å². The van der Waals surface area contributed by atoms with Gasteiger partial charge >= 0.3 is 5.97 Å². The number of carbonyl (C=O) groups excluding carboxylic acids is 1. The monoisotopic (exact) mass is 197 g/mol. The average Bonchev–Trinajstić information content (AvgIpc) is 2.83. The standard InChI is InChI=1S/C10H15NO3/c1-6(12)11-8(7-2-3-7)4-5-9(11)10(13)14/h7-9H,2-5H2,1H3,(H,13,14). The molecule has 1 aliphatic heterocycles. The van der Waals surface area contributed by atoms with E-state index >= 15 is 0 Å². The molecule has 14 heavy (non-hydrogen) atoms. The van der Waals surface area contributed by atoms with Crippen LogP contribution >= 0.6 is 0 Å². The van der Waals surface area contributed by atoms with Gasteiger partial charge in [0.25, 0.3) is 0 Å². The van der Waals surface area contributed by atoms with E-state index in [0.29, 0.717) is 12.3 Å². The van der Waals surface area contributed by atoms with Crippen LogP contribution in [0, 0.1) is 5.92 Å². The van der Waals surface area contributed by atoms with E-state index in [1.54, 1.807) is 4.90 Å². The van der Waals surface area contributed by atoms with Gasteiger partial charge in [0.2, 0.25) is 5.91 Å². The van der Waals surface area contributed by atoms with Gasteiger partial charge in [-0.15, -0.1) is 0 Å². The maximum atomic E-state index is 11.4. The molecule has 0 radical (unpaired) electrons. The Balaban J connectivity index is 2.14. The smallest absolute Gasteiger partial charge is 0.326 e. The summed E-state index contributed by atoms with van der Waals surface area (Å²) in [5.74, 6) is -0.376. The largest absolute Gasteiger partial charge is 0.480 e. The number of carboxylic acids is 1. The summed E-state index contributed by atoms with van der Waals surface area (Å²) in [6, 6.07) is -0.369. The third-order valence-corrected chi connectivity index (χ3v) is 3.24. The molecule has 2 fully saturated rings.